The van der Waals surface area contributed by atoms with Crippen molar-refractivity contribution in [2.75, 3.05) is 20.1 Å². The Morgan fingerprint density at radius 3 is 2.35 bits per heavy atom. The maximum absolute atomic E-state index is 12.0. The van der Waals surface area contributed by atoms with Crippen LogP contribution in [0.3, 0.4) is 0 Å². The molecule has 0 aromatic carbocycles. The Balaban J connectivity index is 2.23. The third-order valence-corrected chi connectivity index (χ3v) is 4.23. The molecule has 17 heavy (non-hydrogen) atoms. The molecule has 2 aliphatic rings. The molecule has 0 aromatic rings. The number of carbonyl (C=O) groups is 2. The van der Waals surface area contributed by atoms with Crippen LogP contribution in [-0.2, 0) is 4.79 Å². The molecule has 1 N–H and O–H groups in total. The zero-order valence-corrected chi connectivity index (χ0v) is 10.5. The highest BCUT2D eigenvalue weighted by Crippen LogP contribution is 2.38. The van der Waals surface area contributed by atoms with Crippen molar-refractivity contribution < 1.29 is 14.7 Å². The monoisotopic (exact) mass is 240 g/mol. The van der Waals surface area contributed by atoms with E-state index < -0.39 is 11.5 Å². The van der Waals surface area contributed by atoms with Gasteiger partial charge >= 0.3 is 12.0 Å². The van der Waals surface area contributed by atoms with Crippen molar-refractivity contribution in [1.29, 1.82) is 0 Å². The number of carboxylic acids is 1. The number of amides is 2. The fraction of sp³-hybridized carbons (Fsp3) is 0.833. The van der Waals surface area contributed by atoms with Gasteiger partial charge in [-0.2, -0.15) is 0 Å². The Hall–Kier alpha value is -1.26. The van der Waals surface area contributed by atoms with Crippen LogP contribution in [0.15, 0.2) is 0 Å². The molecule has 1 heterocycles. The van der Waals surface area contributed by atoms with Gasteiger partial charge in [-0.05, 0) is 31.6 Å². The number of urea groups is 1. The van der Waals surface area contributed by atoms with Gasteiger partial charge in [0.2, 0.25) is 0 Å². The van der Waals surface area contributed by atoms with Gasteiger partial charge in [-0.25, -0.2) is 9.59 Å². The minimum absolute atomic E-state index is 0.137. The van der Waals surface area contributed by atoms with E-state index in [1.54, 1.807) is 16.8 Å². The van der Waals surface area contributed by atoms with Crippen LogP contribution in [0.1, 0.15) is 32.6 Å². The number of aliphatic carboxylic acids is 1. The Bertz CT molecular complexity index is 335. The van der Waals surface area contributed by atoms with Crippen LogP contribution in [0.4, 0.5) is 4.79 Å². The van der Waals surface area contributed by atoms with E-state index in [0.29, 0.717) is 31.8 Å². The van der Waals surface area contributed by atoms with E-state index in [9.17, 15) is 14.7 Å². The molecule has 2 fully saturated rings. The second kappa shape index (κ2) is 4.20. The molecule has 1 aliphatic heterocycles. The number of likely N-dealkylation sites (N-methyl/N-ethyl adjacent to an activating group) is 1. The van der Waals surface area contributed by atoms with Crippen LogP contribution in [0, 0.1) is 5.92 Å². The molecule has 0 aromatic heterocycles. The van der Waals surface area contributed by atoms with Crippen molar-refractivity contribution in [3.8, 4) is 0 Å². The molecule has 2 amide bonds. The van der Waals surface area contributed by atoms with Gasteiger partial charge in [0.15, 0.2) is 0 Å². The summed E-state index contributed by atoms with van der Waals surface area (Å²) >= 11 is 0. The standard InChI is InChI=1S/C12H20N2O3/c1-9-3-5-12(6-4-9,10(15)16)14-8-7-13(2)11(14)17/h9H,3-8H2,1-2H3,(H,15,16). The SMILES string of the molecule is CC1CCC(C(=O)O)(N2CCN(C)C2=O)CC1. The van der Waals surface area contributed by atoms with Crippen LogP contribution >= 0.6 is 0 Å². The predicted octanol–water partition coefficient (Wildman–Crippen LogP) is 1.39. The highest BCUT2D eigenvalue weighted by atomic mass is 16.4. The van der Waals surface area contributed by atoms with Gasteiger partial charge in [-0.3, -0.25) is 0 Å². The van der Waals surface area contributed by atoms with Crippen LogP contribution in [0.2, 0.25) is 0 Å². The Labute approximate surface area is 101 Å². The Kier molecular flexibility index (Phi) is 3.02. The molecule has 1 saturated heterocycles. The summed E-state index contributed by atoms with van der Waals surface area (Å²) in [5, 5.41) is 9.53. The number of carboxylic acid groups (broad SMARTS) is 1. The first-order valence-electron chi connectivity index (χ1n) is 6.23. The molecule has 2 rings (SSSR count). The Morgan fingerprint density at radius 2 is 1.94 bits per heavy atom. The first kappa shape index (κ1) is 12.2. The highest BCUT2D eigenvalue weighted by molar-refractivity contribution is 5.87. The number of nitrogens with zero attached hydrogens (tertiary/aromatic N) is 2. The lowest BCUT2D eigenvalue weighted by molar-refractivity contribution is -0.152. The summed E-state index contributed by atoms with van der Waals surface area (Å²) in [6.45, 7) is 3.31. The molecule has 5 nitrogen and oxygen atoms in total. The fourth-order valence-electron chi connectivity index (χ4n) is 2.88. The molecular formula is C12H20N2O3. The van der Waals surface area contributed by atoms with Crippen LogP contribution in [0.25, 0.3) is 0 Å². The summed E-state index contributed by atoms with van der Waals surface area (Å²) in [7, 11) is 1.73. The summed E-state index contributed by atoms with van der Waals surface area (Å²) in [5.41, 5.74) is -0.950. The molecule has 1 aliphatic carbocycles. The van der Waals surface area contributed by atoms with Crippen molar-refractivity contribution >= 4 is 12.0 Å². The predicted molar refractivity (Wildman–Crippen MR) is 62.7 cm³/mol. The molecule has 0 bridgehead atoms. The van der Waals surface area contributed by atoms with E-state index in [2.05, 4.69) is 6.92 Å². The second-order valence-corrected chi connectivity index (χ2v) is 5.38. The van der Waals surface area contributed by atoms with Gasteiger partial charge in [0.1, 0.15) is 5.54 Å². The molecule has 0 spiro atoms. The van der Waals surface area contributed by atoms with Gasteiger partial charge in [0.05, 0.1) is 0 Å². The third-order valence-electron chi connectivity index (χ3n) is 4.23. The summed E-state index contributed by atoms with van der Waals surface area (Å²) < 4.78 is 0. The quantitative estimate of drug-likeness (QED) is 0.793. The van der Waals surface area contributed by atoms with Gasteiger partial charge in [0, 0.05) is 20.1 Å². The maximum atomic E-state index is 12.0. The number of carbonyl (C=O) groups excluding carboxylic acids is 1. The van der Waals surface area contributed by atoms with E-state index in [-0.39, 0.29) is 6.03 Å². The van der Waals surface area contributed by atoms with Gasteiger partial charge < -0.3 is 14.9 Å². The number of rotatable bonds is 2. The summed E-state index contributed by atoms with van der Waals surface area (Å²) in [5.74, 6) is -0.272. The maximum Gasteiger partial charge on any atom is 0.329 e. The minimum atomic E-state index is -0.950. The smallest absolute Gasteiger partial charge is 0.329 e. The first-order valence-corrected chi connectivity index (χ1v) is 6.23. The zero-order chi connectivity index (χ0) is 12.6. The summed E-state index contributed by atoms with van der Waals surface area (Å²) in [4.78, 5) is 26.8. The van der Waals surface area contributed by atoms with Crippen molar-refractivity contribution in [3.63, 3.8) is 0 Å². The van der Waals surface area contributed by atoms with Crippen molar-refractivity contribution in [1.82, 2.24) is 9.80 Å². The minimum Gasteiger partial charge on any atom is -0.479 e. The Morgan fingerprint density at radius 1 is 1.35 bits per heavy atom. The lowest BCUT2D eigenvalue weighted by Gasteiger charge is -2.42. The van der Waals surface area contributed by atoms with Gasteiger partial charge in [0.25, 0.3) is 0 Å². The molecule has 1 saturated carbocycles. The average molecular weight is 240 g/mol. The van der Waals surface area contributed by atoms with Crippen LogP contribution in [-0.4, -0.2) is 52.6 Å². The molecule has 0 radical (unpaired) electrons. The van der Waals surface area contributed by atoms with Crippen molar-refractivity contribution in [3.05, 3.63) is 0 Å². The molecule has 5 heteroatoms. The van der Waals surface area contributed by atoms with Gasteiger partial charge in [-0.15, -0.1) is 0 Å². The lowest BCUT2D eigenvalue weighted by Crippen LogP contribution is -2.57. The molecular weight excluding hydrogens is 220 g/mol. The van der Waals surface area contributed by atoms with E-state index >= 15 is 0 Å². The lowest BCUT2D eigenvalue weighted by atomic mass is 9.76. The number of hydrogen-bond donors (Lipinski definition) is 1. The van der Waals surface area contributed by atoms with E-state index in [4.69, 9.17) is 0 Å². The van der Waals surface area contributed by atoms with Crippen LogP contribution < -0.4 is 0 Å². The normalized spacial score (nSPS) is 34.2. The highest BCUT2D eigenvalue weighted by Gasteiger charge is 2.50. The average Bonchev–Trinajstić information content (AvgIpc) is 2.62. The van der Waals surface area contributed by atoms with E-state index in [1.165, 1.54) is 0 Å². The molecule has 0 atom stereocenters. The molecule has 0 unspecified atom stereocenters. The second-order valence-electron chi connectivity index (χ2n) is 5.38. The topological polar surface area (TPSA) is 60.9 Å². The van der Waals surface area contributed by atoms with Crippen molar-refractivity contribution in [2.45, 2.75) is 38.1 Å². The van der Waals surface area contributed by atoms with E-state index in [1.807, 2.05) is 0 Å². The third kappa shape index (κ3) is 1.87. The molecule has 96 valence electrons. The number of hydrogen-bond acceptors (Lipinski definition) is 2. The summed E-state index contributed by atoms with van der Waals surface area (Å²) in [6, 6.07) is -0.137. The zero-order valence-electron chi connectivity index (χ0n) is 10.5. The first-order chi connectivity index (χ1) is 7.97. The van der Waals surface area contributed by atoms with Crippen LogP contribution in [0.5, 0.6) is 0 Å². The summed E-state index contributed by atoms with van der Waals surface area (Å²) in [6.07, 6.45) is 2.95. The fourth-order valence-corrected chi connectivity index (χ4v) is 2.88. The largest absolute Gasteiger partial charge is 0.479 e. The van der Waals surface area contributed by atoms with Gasteiger partial charge in [-0.1, -0.05) is 6.92 Å². The van der Waals surface area contributed by atoms with E-state index in [0.717, 1.165) is 12.8 Å². The van der Waals surface area contributed by atoms with Crippen molar-refractivity contribution in [2.24, 2.45) is 5.92 Å².